The molecule has 0 aliphatic carbocycles. The van der Waals surface area contributed by atoms with E-state index in [1.807, 2.05) is 24.3 Å². The van der Waals surface area contributed by atoms with Crippen LogP contribution in [0.15, 0.2) is 35.1 Å². The van der Waals surface area contributed by atoms with Crippen LogP contribution in [-0.2, 0) is 6.54 Å². The first-order valence-electron chi connectivity index (χ1n) is 5.33. The SMILES string of the molecule is O=c1cc(Cn2nnc3ccccc32)[nH]c(=S)[nH]1. The molecule has 2 N–H and O–H groups in total. The molecular weight excluding hydrogens is 250 g/mol. The number of fused-ring (bicyclic) bond motifs is 1. The number of nitrogens with one attached hydrogen (secondary N) is 2. The molecule has 3 aromatic rings. The van der Waals surface area contributed by atoms with Crippen molar-refractivity contribution in [2.75, 3.05) is 0 Å². The molecule has 1 aromatic carbocycles. The van der Waals surface area contributed by atoms with Gasteiger partial charge in [-0.05, 0) is 24.4 Å². The fourth-order valence-corrected chi connectivity index (χ4v) is 2.03. The maximum Gasteiger partial charge on any atom is 0.251 e. The Morgan fingerprint density at radius 1 is 1.28 bits per heavy atom. The highest BCUT2D eigenvalue weighted by Crippen LogP contribution is 2.10. The lowest BCUT2D eigenvalue weighted by Crippen LogP contribution is -2.11. The van der Waals surface area contributed by atoms with Gasteiger partial charge in [0.15, 0.2) is 4.77 Å². The van der Waals surface area contributed by atoms with Crippen molar-refractivity contribution in [2.45, 2.75) is 6.54 Å². The molecule has 0 aliphatic heterocycles. The Labute approximate surface area is 106 Å². The summed E-state index contributed by atoms with van der Waals surface area (Å²) in [5, 5.41) is 8.10. The first-order valence-corrected chi connectivity index (χ1v) is 5.74. The third-order valence-corrected chi connectivity index (χ3v) is 2.76. The van der Waals surface area contributed by atoms with E-state index in [9.17, 15) is 4.79 Å². The van der Waals surface area contributed by atoms with Gasteiger partial charge < -0.3 is 4.98 Å². The molecule has 0 amide bonds. The van der Waals surface area contributed by atoms with Gasteiger partial charge in [0.1, 0.15) is 5.52 Å². The molecule has 0 radical (unpaired) electrons. The summed E-state index contributed by atoms with van der Waals surface area (Å²) in [6, 6.07) is 9.10. The van der Waals surface area contributed by atoms with Crippen LogP contribution in [0.4, 0.5) is 0 Å². The molecule has 0 aliphatic rings. The van der Waals surface area contributed by atoms with Gasteiger partial charge in [-0.1, -0.05) is 17.3 Å². The molecular formula is C11H9N5OS. The van der Waals surface area contributed by atoms with Crippen LogP contribution in [0.2, 0.25) is 0 Å². The van der Waals surface area contributed by atoms with E-state index in [0.717, 1.165) is 11.0 Å². The van der Waals surface area contributed by atoms with Gasteiger partial charge in [-0.15, -0.1) is 5.10 Å². The normalized spacial score (nSPS) is 10.9. The quantitative estimate of drug-likeness (QED) is 0.678. The second-order valence-corrected chi connectivity index (χ2v) is 4.26. The average molecular weight is 259 g/mol. The molecule has 0 bridgehead atoms. The van der Waals surface area contributed by atoms with Crippen LogP contribution in [0.5, 0.6) is 0 Å². The van der Waals surface area contributed by atoms with E-state index in [1.165, 1.54) is 6.07 Å². The van der Waals surface area contributed by atoms with Gasteiger partial charge in [-0.2, -0.15) is 0 Å². The van der Waals surface area contributed by atoms with Crippen LogP contribution >= 0.6 is 12.2 Å². The van der Waals surface area contributed by atoms with Crippen LogP contribution in [0, 0.1) is 4.77 Å². The number of rotatable bonds is 2. The van der Waals surface area contributed by atoms with Crippen molar-refractivity contribution in [1.29, 1.82) is 0 Å². The standard InChI is InChI=1S/C11H9N5OS/c17-10-5-7(12-11(18)13-10)6-16-9-4-2-1-3-8(9)14-15-16/h1-5H,6H2,(H2,12,13,17,18). The Kier molecular flexibility index (Phi) is 2.52. The molecule has 2 heterocycles. The summed E-state index contributed by atoms with van der Waals surface area (Å²) in [7, 11) is 0. The Morgan fingerprint density at radius 2 is 2.11 bits per heavy atom. The summed E-state index contributed by atoms with van der Waals surface area (Å²) in [6.07, 6.45) is 0. The van der Waals surface area contributed by atoms with Crippen LogP contribution in [0.1, 0.15) is 5.69 Å². The van der Waals surface area contributed by atoms with Gasteiger partial charge in [0.05, 0.1) is 12.1 Å². The van der Waals surface area contributed by atoms with E-state index in [1.54, 1.807) is 4.68 Å². The van der Waals surface area contributed by atoms with Crippen LogP contribution in [0.3, 0.4) is 0 Å². The molecule has 0 saturated heterocycles. The summed E-state index contributed by atoms with van der Waals surface area (Å²) in [5.74, 6) is 0. The Morgan fingerprint density at radius 3 is 2.94 bits per heavy atom. The number of aromatic amines is 2. The molecule has 0 fully saturated rings. The molecule has 0 atom stereocenters. The lowest BCUT2D eigenvalue weighted by Gasteiger charge is -2.02. The second kappa shape index (κ2) is 4.19. The summed E-state index contributed by atoms with van der Waals surface area (Å²) in [5.41, 5.74) is 2.20. The molecule has 18 heavy (non-hydrogen) atoms. The highest BCUT2D eigenvalue weighted by atomic mass is 32.1. The number of hydrogen-bond acceptors (Lipinski definition) is 4. The van der Waals surface area contributed by atoms with Gasteiger partial charge in [-0.3, -0.25) is 9.78 Å². The maximum atomic E-state index is 11.3. The molecule has 3 rings (SSSR count). The summed E-state index contributed by atoms with van der Waals surface area (Å²) < 4.78 is 2.02. The lowest BCUT2D eigenvalue weighted by molar-refractivity contribution is 0.654. The zero-order valence-electron chi connectivity index (χ0n) is 9.25. The van der Waals surface area contributed by atoms with E-state index in [4.69, 9.17) is 12.2 Å². The largest absolute Gasteiger partial charge is 0.334 e. The van der Waals surface area contributed by atoms with E-state index < -0.39 is 0 Å². The Bertz CT molecular complexity index is 787. The summed E-state index contributed by atoms with van der Waals surface area (Å²) in [6.45, 7) is 0.425. The lowest BCUT2D eigenvalue weighted by atomic mass is 10.3. The fourth-order valence-electron chi connectivity index (χ4n) is 1.80. The molecule has 2 aromatic heterocycles. The van der Waals surface area contributed by atoms with E-state index in [0.29, 0.717) is 17.0 Å². The predicted octanol–water partition coefficient (Wildman–Crippen LogP) is 1.23. The van der Waals surface area contributed by atoms with Gasteiger partial charge in [-0.25, -0.2) is 4.68 Å². The third kappa shape index (κ3) is 1.95. The minimum absolute atomic E-state index is 0.224. The van der Waals surface area contributed by atoms with Gasteiger partial charge in [0.25, 0.3) is 5.56 Å². The molecule has 7 heteroatoms. The first kappa shape index (κ1) is 10.8. The zero-order valence-corrected chi connectivity index (χ0v) is 10.1. The highest BCUT2D eigenvalue weighted by molar-refractivity contribution is 7.71. The first-order chi connectivity index (χ1) is 8.72. The number of aromatic nitrogens is 5. The zero-order chi connectivity index (χ0) is 12.5. The minimum atomic E-state index is -0.224. The van der Waals surface area contributed by atoms with E-state index in [-0.39, 0.29) is 5.56 Å². The fraction of sp³-hybridized carbons (Fsp3) is 0.0909. The third-order valence-electron chi connectivity index (χ3n) is 2.56. The predicted molar refractivity (Wildman–Crippen MR) is 68.9 cm³/mol. The van der Waals surface area contributed by atoms with Crippen molar-refractivity contribution < 1.29 is 0 Å². The van der Waals surface area contributed by atoms with E-state index in [2.05, 4.69) is 20.3 Å². The van der Waals surface area contributed by atoms with Crippen molar-refractivity contribution in [3.05, 3.63) is 51.2 Å². The molecule has 0 unspecified atom stereocenters. The Hall–Kier alpha value is -2.28. The van der Waals surface area contributed by atoms with Gasteiger partial charge in [0.2, 0.25) is 0 Å². The van der Waals surface area contributed by atoms with Crippen LogP contribution < -0.4 is 5.56 Å². The van der Waals surface area contributed by atoms with Crippen molar-refractivity contribution in [3.8, 4) is 0 Å². The number of benzene rings is 1. The maximum absolute atomic E-state index is 11.3. The van der Waals surface area contributed by atoms with Crippen molar-refractivity contribution >= 4 is 23.3 Å². The molecule has 0 saturated carbocycles. The number of nitrogens with zero attached hydrogens (tertiary/aromatic N) is 3. The molecule has 6 nitrogen and oxygen atoms in total. The molecule has 0 spiro atoms. The smallest absolute Gasteiger partial charge is 0.251 e. The number of para-hydroxylation sites is 1. The van der Waals surface area contributed by atoms with Gasteiger partial charge >= 0.3 is 0 Å². The topological polar surface area (TPSA) is 79.4 Å². The van der Waals surface area contributed by atoms with Crippen molar-refractivity contribution in [1.82, 2.24) is 25.0 Å². The minimum Gasteiger partial charge on any atom is -0.334 e. The van der Waals surface area contributed by atoms with Gasteiger partial charge in [0, 0.05) is 11.8 Å². The Balaban J connectivity index is 2.06. The number of H-pyrrole nitrogens is 2. The second-order valence-electron chi connectivity index (χ2n) is 3.85. The van der Waals surface area contributed by atoms with Crippen molar-refractivity contribution in [2.24, 2.45) is 0 Å². The summed E-state index contributed by atoms with van der Waals surface area (Å²) in [4.78, 5) is 16.7. The highest BCUT2D eigenvalue weighted by Gasteiger charge is 2.04. The monoisotopic (exact) mass is 259 g/mol. The molecule has 90 valence electrons. The number of hydrogen-bond donors (Lipinski definition) is 2. The average Bonchev–Trinajstić information content (AvgIpc) is 2.72. The van der Waals surface area contributed by atoms with E-state index >= 15 is 0 Å². The van der Waals surface area contributed by atoms with Crippen LogP contribution in [0.25, 0.3) is 11.0 Å². The van der Waals surface area contributed by atoms with Crippen LogP contribution in [-0.4, -0.2) is 25.0 Å². The van der Waals surface area contributed by atoms with Crippen molar-refractivity contribution in [3.63, 3.8) is 0 Å². The summed E-state index contributed by atoms with van der Waals surface area (Å²) >= 11 is 4.92.